The van der Waals surface area contributed by atoms with Crippen LogP contribution in [0.1, 0.15) is 19.3 Å². The van der Waals surface area contributed by atoms with Gasteiger partial charge in [0.2, 0.25) is 11.0 Å². The Kier molecular flexibility index (Phi) is 3.95. The van der Waals surface area contributed by atoms with Gasteiger partial charge in [-0.15, -0.1) is 10.2 Å². The van der Waals surface area contributed by atoms with Crippen molar-refractivity contribution < 1.29 is 4.79 Å². The van der Waals surface area contributed by atoms with Gasteiger partial charge in [0, 0.05) is 38.3 Å². The van der Waals surface area contributed by atoms with Crippen LogP contribution in [0.5, 0.6) is 0 Å². The molecule has 0 bridgehead atoms. The van der Waals surface area contributed by atoms with Crippen LogP contribution in [0, 0.1) is 5.92 Å². The van der Waals surface area contributed by atoms with E-state index in [1.165, 1.54) is 0 Å². The van der Waals surface area contributed by atoms with Crippen LogP contribution in [0.25, 0.3) is 10.7 Å². The van der Waals surface area contributed by atoms with E-state index in [4.69, 9.17) is 0 Å². The van der Waals surface area contributed by atoms with Crippen molar-refractivity contribution in [1.29, 1.82) is 0 Å². The Labute approximate surface area is 139 Å². The van der Waals surface area contributed by atoms with Crippen LogP contribution in [0.15, 0.2) is 24.4 Å². The molecule has 0 unspecified atom stereocenters. The van der Waals surface area contributed by atoms with Crippen molar-refractivity contribution in [2.24, 2.45) is 5.92 Å². The number of pyridine rings is 1. The van der Waals surface area contributed by atoms with Gasteiger partial charge in [0.25, 0.3) is 0 Å². The van der Waals surface area contributed by atoms with E-state index in [2.05, 4.69) is 20.1 Å². The standard InChI is InChI=1S/C16H19N5OS/c22-15(12-5-6-12)20-8-3-9-21(11-10-20)16-19-18-14(23-16)13-4-1-2-7-17-13/h1-2,4,7,12H,3,5-6,8-11H2. The molecule has 6 nitrogen and oxygen atoms in total. The smallest absolute Gasteiger partial charge is 0.225 e. The lowest BCUT2D eigenvalue weighted by atomic mass is 10.3. The highest BCUT2D eigenvalue weighted by Gasteiger charge is 2.34. The van der Waals surface area contributed by atoms with E-state index in [-0.39, 0.29) is 0 Å². The molecular weight excluding hydrogens is 310 g/mol. The summed E-state index contributed by atoms with van der Waals surface area (Å²) >= 11 is 1.57. The lowest BCUT2D eigenvalue weighted by Crippen LogP contribution is -2.36. The minimum absolute atomic E-state index is 0.304. The molecule has 1 amide bonds. The quantitative estimate of drug-likeness (QED) is 0.862. The summed E-state index contributed by atoms with van der Waals surface area (Å²) in [6, 6.07) is 5.80. The zero-order valence-electron chi connectivity index (χ0n) is 12.9. The number of hydrogen-bond acceptors (Lipinski definition) is 6. The summed E-state index contributed by atoms with van der Waals surface area (Å²) in [4.78, 5) is 20.8. The Balaban J connectivity index is 1.44. The highest BCUT2D eigenvalue weighted by Crippen LogP contribution is 2.32. The minimum atomic E-state index is 0.304. The fraction of sp³-hybridized carbons (Fsp3) is 0.500. The third kappa shape index (κ3) is 3.19. The minimum Gasteiger partial charge on any atom is -0.345 e. The molecule has 0 aromatic carbocycles. The van der Waals surface area contributed by atoms with E-state index in [9.17, 15) is 4.79 Å². The molecule has 2 aromatic heterocycles. The lowest BCUT2D eigenvalue weighted by molar-refractivity contribution is -0.132. The van der Waals surface area contributed by atoms with Crippen LogP contribution in [-0.2, 0) is 4.79 Å². The van der Waals surface area contributed by atoms with E-state index >= 15 is 0 Å². The van der Waals surface area contributed by atoms with Gasteiger partial charge in [-0.05, 0) is 31.4 Å². The molecule has 1 saturated heterocycles. The third-order valence-electron chi connectivity index (χ3n) is 4.30. The first kappa shape index (κ1) is 14.6. The molecule has 3 heterocycles. The summed E-state index contributed by atoms with van der Waals surface area (Å²) in [6.45, 7) is 3.40. The van der Waals surface area contributed by atoms with E-state index in [0.29, 0.717) is 11.8 Å². The van der Waals surface area contributed by atoms with Gasteiger partial charge in [-0.3, -0.25) is 9.78 Å². The number of anilines is 1. The number of carbonyl (C=O) groups is 1. The summed E-state index contributed by atoms with van der Waals surface area (Å²) in [6.07, 6.45) is 4.90. The molecule has 0 spiro atoms. The average molecular weight is 329 g/mol. The first-order valence-electron chi connectivity index (χ1n) is 8.10. The second-order valence-electron chi connectivity index (χ2n) is 6.04. The van der Waals surface area contributed by atoms with Crippen LogP contribution < -0.4 is 4.90 Å². The molecule has 0 radical (unpaired) electrons. The summed E-state index contributed by atoms with van der Waals surface area (Å²) in [5, 5.41) is 10.4. The first-order chi connectivity index (χ1) is 11.3. The van der Waals surface area contributed by atoms with Gasteiger partial charge in [-0.2, -0.15) is 0 Å². The maximum absolute atomic E-state index is 12.2. The topological polar surface area (TPSA) is 62.2 Å². The fourth-order valence-corrected chi connectivity index (χ4v) is 3.73. The molecule has 7 heteroatoms. The monoisotopic (exact) mass is 329 g/mol. The first-order valence-corrected chi connectivity index (χ1v) is 8.91. The molecule has 0 atom stereocenters. The Morgan fingerprint density at radius 1 is 1.13 bits per heavy atom. The number of carbonyl (C=O) groups excluding carboxylic acids is 1. The summed E-state index contributed by atoms with van der Waals surface area (Å²) in [7, 11) is 0. The van der Waals surface area contributed by atoms with E-state index in [0.717, 1.165) is 61.3 Å². The maximum Gasteiger partial charge on any atom is 0.225 e. The predicted octanol–water partition coefficient (Wildman–Crippen LogP) is 2.05. The zero-order valence-corrected chi connectivity index (χ0v) is 13.7. The normalized spacial score (nSPS) is 18.8. The van der Waals surface area contributed by atoms with Crippen molar-refractivity contribution in [3.8, 4) is 10.7 Å². The van der Waals surface area contributed by atoms with E-state index in [1.807, 2.05) is 23.1 Å². The molecular formula is C16H19N5OS. The Morgan fingerprint density at radius 2 is 2.04 bits per heavy atom. The van der Waals surface area contributed by atoms with Gasteiger partial charge in [-0.25, -0.2) is 0 Å². The van der Waals surface area contributed by atoms with Crippen molar-refractivity contribution in [1.82, 2.24) is 20.1 Å². The molecule has 23 heavy (non-hydrogen) atoms. The van der Waals surface area contributed by atoms with Crippen LogP contribution in [0.4, 0.5) is 5.13 Å². The van der Waals surface area contributed by atoms with E-state index in [1.54, 1.807) is 17.5 Å². The zero-order chi connectivity index (χ0) is 15.6. The largest absolute Gasteiger partial charge is 0.345 e. The van der Waals surface area contributed by atoms with Gasteiger partial charge in [0.1, 0.15) is 5.69 Å². The van der Waals surface area contributed by atoms with Crippen LogP contribution in [0.2, 0.25) is 0 Å². The van der Waals surface area contributed by atoms with Gasteiger partial charge < -0.3 is 9.80 Å². The van der Waals surface area contributed by atoms with Crippen molar-refractivity contribution >= 4 is 22.4 Å². The maximum atomic E-state index is 12.2. The summed E-state index contributed by atoms with van der Waals surface area (Å²) in [5.41, 5.74) is 0.858. The van der Waals surface area contributed by atoms with Gasteiger partial charge >= 0.3 is 0 Å². The third-order valence-corrected chi connectivity index (χ3v) is 5.31. The van der Waals surface area contributed by atoms with Crippen LogP contribution in [0.3, 0.4) is 0 Å². The van der Waals surface area contributed by atoms with Crippen molar-refractivity contribution in [3.63, 3.8) is 0 Å². The highest BCUT2D eigenvalue weighted by atomic mass is 32.1. The molecule has 1 saturated carbocycles. The predicted molar refractivity (Wildman–Crippen MR) is 89.3 cm³/mol. The highest BCUT2D eigenvalue weighted by molar-refractivity contribution is 7.18. The fourth-order valence-electron chi connectivity index (χ4n) is 2.85. The van der Waals surface area contributed by atoms with Crippen molar-refractivity contribution in [2.75, 3.05) is 31.1 Å². The number of hydrogen-bond donors (Lipinski definition) is 0. The molecule has 4 rings (SSSR count). The van der Waals surface area contributed by atoms with Crippen LogP contribution in [-0.4, -0.2) is 52.2 Å². The van der Waals surface area contributed by atoms with Crippen molar-refractivity contribution in [2.45, 2.75) is 19.3 Å². The van der Waals surface area contributed by atoms with Gasteiger partial charge in [0.15, 0.2) is 5.01 Å². The summed E-state index contributed by atoms with van der Waals surface area (Å²) < 4.78 is 0. The lowest BCUT2D eigenvalue weighted by Gasteiger charge is -2.21. The van der Waals surface area contributed by atoms with Gasteiger partial charge in [0.05, 0.1) is 0 Å². The number of aromatic nitrogens is 3. The molecule has 2 fully saturated rings. The SMILES string of the molecule is O=C(C1CC1)N1CCCN(c2nnc(-c3ccccn3)s2)CC1. The van der Waals surface area contributed by atoms with Crippen molar-refractivity contribution in [3.05, 3.63) is 24.4 Å². The second kappa shape index (κ2) is 6.23. The van der Waals surface area contributed by atoms with E-state index < -0.39 is 0 Å². The Morgan fingerprint density at radius 3 is 2.83 bits per heavy atom. The molecule has 120 valence electrons. The number of nitrogens with zero attached hydrogens (tertiary/aromatic N) is 5. The summed E-state index contributed by atoms with van der Waals surface area (Å²) in [5.74, 6) is 0.650. The molecule has 1 aliphatic heterocycles. The Hall–Kier alpha value is -2.02. The molecule has 0 N–H and O–H groups in total. The van der Waals surface area contributed by atoms with Crippen LogP contribution >= 0.6 is 11.3 Å². The Bertz CT molecular complexity index is 685. The molecule has 1 aliphatic carbocycles. The number of amides is 1. The molecule has 2 aromatic rings. The van der Waals surface area contributed by atoms with Gasteiger partial charge in [-0.1, -0.05) is 17.4 Å². The molecule has 2 aliphatic rings. The second-order valence-corrected chi connectivity index (χ2v) is 7.00. The number of rotatable bonds is 3. The average Bonchev–Trinajstić information content (AvgIpc) is 3.37.